The first kappa shape index (κ1) is 22.5. The lowest BCUT2D eigenvalue weighted by molar-refractivity contribution is -0.138. The van der Waals surface area contributed by atoms with Crippen LogP contribution in [0.5, 0.6) is 0 Å². The zero-order chi connectivity index (χ0) is 20.9. The molecule has 0 aliphatic rings. The molecule has 0 bridgehead atoms. The van der Waals surface area contributed by atoms with Gasteiger partial charge in [0.1, 0.15) is 12.9 Å². The average molecular weight is 405 g/mol. The molecular formula is C20H27N3O6. The van der Waals surface area contributed by atoms with Crippen molar-refractivity contribution in [3.05, 3.63) is 53.7 Å². The summed E-state index contributed by atoms with van der Waals surface area (Å²) in [5.74, 6) is -0.324. The fourth-order valence-corrected chi connectivity index (χ4v) is 2.42. The number of methoxy groups -OCH3 is 2. The molecule has 0 radical (unpaired) electrons. The summed E-state index contributed by atoms with van der Waals surface area (Å²) in [6.07, 6.45) is 1.27. The Morgan fingerprint density at radius 1 is 1.14 bits per heavy atom. The lowest BCUT2D eigenvalue weighted by Gasteiger charge is -2.20. The second kappa shape index (κ2) is 12.7. The standard InChI is InChI=1S/C20H27N3O6/c1-26-10-8-21-20(25)17-14-29-18(22-17)12-23(9-11-27-2)19(24)15-28-13-16-6-4-3-5-7-16/h3-7,14H,8-13,15H2,1-2H3,(H,21,25). The van der Waals surface area contributed by atoms with Crippen molar-refractivity contribution < 1.29 is 28.2 Å². The van der Waals surface area contributed by atoms with Crippen LogP contribution in [-0.4, -0.2) is 68.8 Å². The molecule has 0 saturated heterocycles. The third kappa shape index (κ3) is 8.02. The lowest BCUT2D eigenvalue weighted by Crippen LogP contribution is -2.36. The van der Waals surface area contributed by atoms with Crippen LogP contribution in [0.4, 0.5) is 0 Å². The van der Waals surface area contributed by atoms with Crippen molar-refractivity contribution in [1.82, 2.24) is 15.2 Å². The second-order valence-corrected chi connectivity index (χ2v) is 6.16. The number of aromatic nitrogens is 1. The van der Waals surface area contributed by atoms with E-state index in [4.69, 9.17) is 18.6 Å². The molecule has 2 rings (SSSR count). The number of amides is 2. The van der Waals surface area contributed by atoms with E-state index < -0.39 is 0 Å². The van der Waals surface area contributed by atoms with Crippen LogP contribution in [-0.2, 0) is 32.2 Å². The van der Waals surface area contributed by atoms with E-state index in [9.17, 15) is 9.59 Å². The first-order valence-corrected chi connectivity index (χ1v) is 9.24. The van der Waals surface area contributed by atoms with Crippen LogP contribution in [0.25, 0.3) is 0 Å². The van der Waals surface area contributed by atoms with Crippen molar-refractivity contribution in [3.63, 3.8) is 0 Å². The van der Waals surface area contributed by atoms with Gasteiger partial charge in [0.2, 0.25) is 11.8 Å². The van der Waals surface area contributed by atoms with Crippen LogP contribution < -0.4 is 5.32 Å². The normalized spacial score (nSPS) is 10.7. The number of nitrogens with zero attached hydrogens (tertiary/aromatic N) is 2. The van der Waals surface area contributed by atoms with Crippen LogP contribution in [0.3, 0.4) is 0 Å². The molecule has 0 aliphatic heterocycles. The predicted molar refractivity (Wildman–Crippen MR) is 104 cm³/mol. The van der Waals surface area contributed by atoms with Crippen LogP contribution in [0, 0.1) is 0 Å². The maximum Gasteiger partial charge on any atom is 0.273 e. The summed E-state index contributed by atoms with van der Waals surface area (Å²) in [7, 11) is 3.11. The van der Waals surface area contributed by atoms with Gasteiger partial charge in [-0.3, -0.25) is 9.59 Å². The quantitative estimate of drug-likeness (QED) is 0.500. The Morgan fingerprint density at radius 3 is 2.62 bits per heavy atom. The van der Waals surface area contributed by atoms with Gasteiger partial charge in [-0.15, -0.1) is 0 Å². The number of benzene rings is 1. The van der Waals surface area contributed by atoms with E-state index in [1.807, 2.05) is 30.3 Å². The molecule has 0 fully saturated rings. The van der Waals surface area contributed by atoms with Crippen molar-refractivity contribution >= 4 is 11.8 Å². The molecule has 0 spiro atoms. The molecule has 2 amide bonds. The maximum atomic E-state index is 12.5. The summed E-state index contributed by atoms with van der Waals surface area (Å²) in [4.78, 5) is 30.2. The number of hydrogen-bond acceptors (Lipinski definition) is 7. The number of carbonyl (C=O) groups is 2. The van der Waals surface area contributed by atoms with E-state index in [-0.39, 0.29) is 36.6 Å². The van der Waals surface area contributed by atoms with Gasteiger partial charge in [-0.2, -0.15) is 0 Å². The molecular weight excluding hydrogens is 378 g/mol. The third-order valence-corrected chi connectivity index (χ3v) is 3.96. The molecule has 1 heterocycles. The second-order valence-electron chi connectivity index (χ2n) is 6.16. The van der Waals surface area contributed by atoms with E-state index in [0.29, 0.717) is 32.9 Å². The summed E-state index contributed by atoms with van der Waals surface area (Å²) in [6.45, 7) is 1.85. The van der Waals surface area contributed by atoms with E-state index in [0.717, 1.165) is 5.56 Å². The van der Waals surface area contributed by atoms with Crippen LogP contribution >= 0.6 is 0 Å². The SMILES string of the molecule is COCCNC(=O)c1coc(CN(CCOC)C(=O)COCc2ccccc2)n1. The molecule has 0 atom stereocenters. The smallest absolute Gasteiger partial charge is 0.273 e. The minimum atomic E-state index is -0.363. The number of hydrogen-bond donors (Lipinski definition) is 1. The number of ether oxygens (including phenoxy) is 3. The molecule has 9 heteroatoms. The van der Waals surface area contributed by atoms with Crippen molar-refractivity contribution in [1.29, 1.82) is 0 Å². The monoisotopic (exact) mass is 405 g/mol. The van der Waals surface area contributed by atoms with Gasteiger partial charge in [-0.25, -0.2) is 4.98 Å². The number of carbonyl (C=O) groups excluding carboxylic acids is 2. The van der Waals surface area contributed by atoms with Crippen molar-refractivity contribution in [2.75, 3.05) is 47.1 Å². The molecule has 2 aromatic rings. The van der Waals surface area contributed by atoms with E-state index in [2.05, 4.69) is 10.3 Å². The molecule has 0 unspecified atom stereocenters. The number of nitrogens with one attached hydrogen (secondary N) is 1. The van der Waals surface area contributed by atoms with Crippen molar-refractivity contribution in [2.45, 2.75) is 13.2 Å². The maximum absolute atomic E-state index is 12.5. The summed E-state index contributed by atoms with van der Waals surface area (Å²) >= 11 is 0. The zero-order valence-corrected chi connectivity index (χ0v) is 16.8. The fourth-order valence-electron chi connectivity index (χ4n) is 2.42. The van der Waals surface area contributed by atoms with Gasteiger partial charge in [-0.1, -0.05) is 30.3 Å². The Labute approximate surface area is 169 Å². The van der Waals surface area contributed by atoms with E-state index in [1.165, 1.54) is 11.2 Å². The summed E-state index contributed by atoms with van der Waals surface area (Å²) in [6, 6.07) is 9.61. The van der Waals surface area contributed by atoms with Crippen molar-refractivity contribution in [3.8, 4) is 0 Å². The number of oxazole rings is 1. The highest BCUT2D eigenvalue weighted by Crippen LogP contribution is 2.08. The van der Waals surface area contributed by atoms with Crippen LogP contribution in [0.1, 0.15) is 21.9 Å². The molecule has 0 saturated carbocycles. The Hall–Kier alpha value is -2.75. The minimum absolute atomic E-state index is 0.0797. The Morgan fingerprint density at radius 2 is 1.90 bits per heavy atom. The van der Waals surface area contributed by atoms with Crippen molar-refractivity contribution in [2.24, 2.45) is 0 Å². The van der Waals surface area contributed by atoms with E-state index in [1.54, 1.807) is 14.2 Å². The molecule has 158 valence electrons. The molecule has 9 nitrogen and oxygen atoms in total. The molecule has 0 aliphatic carbocycles. The highest BCUT2D eigenvalue weighted by molar-refractivity contribution is 5.91. The van der Waals surface area contributed by atoms with Gasteiger partial charge in [0.15, 0.2) is 5.69 Å². The number of rotatable bonds is 13. The third-order valence-electron chi connectivity index (χ3n) is 3.96. The first-order valence-electron chi connectivity index (χ1n) is 9.24. The van der Waals surface area contributed by atoms with Gasteiger partial charge >= 0.3 is 0 Å². The zero-order valence-electron chi connectivity index (χ0n) is 16.8. The Balaban J connectivity index is 1.88. The molecule has 1 N–H and O–H groups in total. The minimum Gasteiger partial charge on any atom is -0.446 e. The van der Waals surface area contributed by atoms with Gasteiger partial charge in [0, 0.05) is 27.3 Å². The summed E-state index contributed by atoms with van der Waals surface area (Å²) < 4.78 is 20.8. The van der Waals surface area contributed by atoms with Crippen LogP contribution in [0.15, 0.2) is 41.0 Å². The topological polar surface area (TPSA) is 103 Å². The summed E-state index contributed by atoms with van der Waals surface area (Å²) in [5, 5.41) is 2.66. The largest absolute Gasteiger partial charge is 0.446 e. The highest BCUT2D eigenvalue weighted by Gasteiger charge is 2.18. The first-order chi connectivity index (χ1) is 14.1. The van der Waals surface area contributed by atoms with Gasteiger partial charge in [0.05, 0.1) is 26.4 Å². The Kier molecular flexibility index (Phi) is 9.84. The lowest BCUT2D eigenvalue weighted by atomic mass is 10.2. The average Bonchev–Trinajstić information content (AvgIpc) is 3.20. The van der Waals surface area contributed by atoms with Gasteiger partial charge in [-0.05, 0) is 5.56 Å². The van der Waals surface area contributed by atoms with E-state index >= 15 is 0 Å². The highest BCUT2D eigenvalue weighted by atomic mass is 16.5. The predicted octanol–water partition coefficient (Wildman–Crippen LogP) is 1.24. The van der Waals surface area contributed by atoms with Crippen LogP contribution in [0.2, 0.25) is 0 Å². The fraction of sp³-hybridized carbons (Fsp3) is 0.450. The molecule has 1 aromatic heterocycles. The summed E-state index contributed by atoms with van der Waals surface area (Å²) in [5.41, 5.74) is 1.14. The van der Waals surface area contributed by atoms with Gasteiger partial charge < -0.3 is 28.8 Å². The molecule has 29 heavy (non-hydrogen) atoms. The molecule has 1 aromatic carbocycles. The van der Waals surface area contributed by atoms with Gasteiger partial charge in [0.25, 0.3) is 5.91 Å². The Bertz CT molecular complexity index is 750.